The van der Waals surface area contributed by atoms with E-state index in [1.165, 1.54) is 0 Å². The summed E-state index contributed by atoms with van der Waals surface area (Å²) in [5.74, 6) is 1.35. The number of carbonyl (C=O) groups is 2. The summed E-state index contributed by atoms with van der Waals surface area (Å²) < 4.78 is 11.3. The van der Waals surface area contributed by atoms with Crippen LogP contribution in [0.2, 0.25) is 0 Å². The third-order valence-corrected chi connectivity index (χ3v) is 5.81. The first kappa shape index (κ1) is 20.4. The number of amides is 2. The van der Waals surface area contributed by atoms with Gasteiger partial charge in [-0.1, -0.05) is 18.2 Å². The van der Waals surface area contributed by atoms with Crippen LogP contribution in [0.3, 0.4) is 0 Å². The van der Waals surface area contributed by atoms with Gasteiger partial charge in [0.2, 0.25) is 0 Å². The summed E-state index contributed by atoms with van der Waals surface area (Å²) in [5.41, 5.74) is 1.43. The van der Waals surface area contributed by atoms with Gasteiger partial charge < -0.3 is 19.3 Å². The first-order valence-electron chi connectivity index (χ1n) is 10.6. The van der Waals surface area contributed by atoms with Crippen LogP contribution in [0.15, 0.2) is 54.6 Å². The molecule has 2 heterocycles. The molecule has 0 aromatic heterocycles. The molecule has 2 saturated heterocycles. The van der Waals surface area contributed by atoms with Gasteiger partial charge in [0.1, 0.15) is 5.75 Å². The second kappa shape index (κ2) is 9.76. The Morgan fingerprint density at radius 1 is 0.800 bits per heavy atom. The van der Waals surface area contributed by atoms with Crippen LogP contribution in [-0.2, 0) is 4.74 Å². The molecule has 2 fully saturated rings. The summed E-state index contributed by atoms with van der Waals surface area (Å²) in [6.45, 7) is 4.63. The van der Waals surface area contributed by atoms with E-state index in [2.05, 4.69) is 0 Å². The number of ether oxygens (including phenoxy) is 2. The number of benzene rings is 2. The fourth-order valence-electron chi connectivity index (χ4n) is 3.92. The first-order valence-corrected chi connectivity index (χ1v) is 10.6. The highest BCUT2D eigenvalue weighted by Crippen LogP contribution is 2.21. The quantitative estimate of drug-likeness (QED) is 0.763. The van der Waals surface area contributed by atoms with Crippen LogP contribution in [0, 0.1) is 5.92 Å². The van der Waals surface area contributed by atoms with E-state index >= 15 is 0 Å². The van der Waals surface area contributed by atoms with Crippen LogP contribution in [0.4, 0.5) is 0 Å². The Labute approximate surface area is 177 Å². The lowest BCUT2D eigenvalue weighted by Gasteiger charge is -2.32. The van der Waals surface area contributed by atoms with Gasteiger partial charge in [-0.2, -0.15) is 0 Å². The van der Waals surface area contributed by atoms with E-state index in [0.29, 0.717) is 44.4 Å². The van der Waals surface area contributed by atoms with Gasteiger partial charge in [-0.05, 0) is 55.2 Å². The maximum Gasteiger partial charge on any atom is 0.254 e. The molecule has 2 amide bonds. The van der Waals surface area contributed by atoms with Gasteiger partial charge in [-0.25, -0.2) is 0 Å². The third kappa shape index (κ3) is 5.00. The van der Waals surface area contributed by atoms with Crippen LogP contribution in [0.25, 0.3) is 0 Å². The number of piperidine rings is 1. The molecule has 0 atom stereocenters. The second-order valence-corrected chi connectivity index (χ2v) is 7.84. The Kier molecular flexibility index (Phi) is 6.64. The van der Waals surface area contributed by atoms with Crippen molar-refractivity contribution in [3.8, 4) is 5.75 Å². The standard InChI is InChI=1S/C24H28N2O4/c27-23(20-4-2-1-3-5-20)25-12-10-19(11-13-25)18-30-22-8-6-21(7-9-22)24(28)26-14-16-29-17-15-26/h1-9,19H,10-18H2. The van der Waals surface area contributed by atoms with Crippen LogP contribution >= 0.6 is 0 Å². The molecule has 4 rings (SSSR count). The Bertz CT molecular complexity index is 839. The largest absolute Gasteiger partial charge is 0.493 e. The number of morpholine rings is 1. The van der Waals surface area contributed by atoms with Crippen LogP contribution in [0.5, 0.6) is 5.75 Å². The van der Waals surface area contributed by atoms with Crippen molar-refractivity contribution in [1.29, 1.82) is 0 Å². The molecule has 2 aromatic carbocycles. The molecular weight excluding hydrogens is 380 g/mol. The highest BCUT2D eigenvalue weighted by molar-refractivity contribution is 5.94. The molecule has 0 saturated carbocycles. The zero-order valence-electron chi connectivity index (χ0n) is 17.2. The lowest BCUT2D eigenvalue weighted by Crippen LogP contribution is -2.40. The Hall–Kier alpha value is -2.86. The fraction of sp³-hybridized carbons (Fsp3) is 0.417. The summed E-state index contributed by atoms with van der Waals surface area (Å²) >= 11 is 0. The van der Waals surface area contributed by atoms with Crippen molar-refractivity contribution in [2.24, 2.45) is 5.92 Å². The van der Waals surface area contributed by atoms with Gasteiger partial charge in [-0.3, -0.25) is 9.59 Å². The van der Waals surface area contributed by atoms with E-state index in [1.54, 1.807) is 0 Å². The Morgan fingerprint density at radius 2 is 1.37 bits per heavy atom. The predicted octanol–water partition coefficient (Wildman–Crippen LogP) is 3.09. The molecule has 2 aliphatic rings. The smallest absolute Gasteiger partial charge is 0.254 e. The maximum absolute atomic E-state index is 12.5. The average molecular weight is 408 g/mol. The second-order valence-electron chi connectivity index (χ2n) is 7.84. The van der Waals surface area contributed by atoms with E-state index in [4.69, 9.17) is 9.47 Å². The molecule has 0 aliphatic carbocycles. The van der Waals surface area contributed by atoms with E-state index in [9.17, 15) is 9.59 Å². The van der Waals surface area contributed by atoms with Crippen LogP contribution in [-0.4, -0.2) is 67.6 Å². The van der Waals surface area contributed by atoms with E-state index < -0.39 is 0 Å². The van der Waals surface area contributed by atoms with Gasteiger partial charge in [0.25, 0.3) is 11.8 Å². The molecule has 6 nitrogen and oxygen atoms in total. The van der Waals surface area contributed by atoms with Crippen molar-refractivity contribution in [1.82, 2.24) is 9.80 Å². The van der Waals surface area contributed by atoms with Crippen molar-refractivity contribution >= 4 is 11.8 Å². The molecule has 0 radical (unpaired) electrons. The molecule has 0 N–H and O–H groups in total. The molecule has 2 aromatic rings. The van der Waals surface area contributed by atoms with Crippen LogP contribution in [0.1, 0.15) is 33.6 Å². The number of hydrogen-bond acceptors (Lipinski definition) is 4. The van der Waals surface area contributed by atoms with Gasteiger partial charge in [0.05, 0.1) is 19.8 Å². The zero-order chi connectivity index (χ0) is 20.8. The number of nitrogens with zero attached hydrogens (tertiary/aromatic N) is 2. The minimum Gasteiger partial charge on any atom is -0.493 e. The Balaban J connectivity index is 1.23. The molecule has 2 aliphatic heterocycles. The van der Waals surface area contributed by atoms with Crippen molar-refractivity contribution < 1.29 is 19.1 Å². The minimum atomic E-state index is 0.0419. The normalized spacial score (nSPS) is 17.6. The number of likely N-dealkylation sites (tertiary alicyclic amines) is 1. The number of rotatable bonds is 5. The highest BCUT2D eigenvalue weighted by atomic mass is 16.5. The summed E-state index contributed by atoms with van der Waals surface area (Å²) in [6, 6.07) is 16.8. The molecule has 0 bridgehead atoms. The van der Waals surface area contributed by atoms with E-state index in [-0.39, 0.29) is 11.8 Å². The molecule has 0 spiro atoms. The van der Waals surface area contributed by atoms with Crippen molar-refractivity contribution in [2.75, 3.05) is 46.0 Å². The topological polar surface area (TPSA) is 59.1 Å². The average Bonchev–Trinajstić information content (AvgIpc) is 2.83. The predicted molar refractivity (Wildman–Crippen MR) is 114 cm³/mol. The molecule has 6 heteroatoms. The molecular formula is C24H28N2O4. The van der Waals surface area contributed by atoms with Gasteiger partial charge in [-0.15, -0.1) is 0 Å². The fourth-order valence-corrected chi connectivity index (χ4v) is 3.92. The lowest BCUT2D eigenvalue weighted by atomic mass is 9.97. The number of hydrogen-bond donors (Lipinski definition) is 0. The SMILES string of the molecule is O=C(c1ccc(OCC2CCN(C(=O)c3ccccc3)CC2)cc1)N1CCOCC1. The third-order valence-electron chi connectivity index (χ3n) is 5.81. The van der Waals surface area contributed by atoms with Gasteiger partial charge in [0.15, 0.2) is 0 Å². The Morgan fingerprint density at radius 3 is 2.00 bits per heavy atom. The lowest BCUT2D eigenvalue weighted by molar-refractivity contribution is 0.0303. The zero-order valence-corrected chi connectivity index (χ0v) is 17.2. The van der Waals surface area contributed by atoms with Crippen molar-refractivity contribution in [2.45, 2.75) is 12.8 Å². The molecule has 30 heavy (non-hydrogen) atoms. The summed E-state index contributed by atoms with van der Waals surface area (Å²) in [5, 5.41) is 0. The highest BCUT2D eigenvalue weighted by Gasteiger charge is 2.24. The van der Waals surface area contributed by atoms with Crippen LogP contribution < -0.4 is 4.74 Å². The van der Waals surface area contributed by atoms with Crippen molar-refractivity contribution in [3.05, 3.63) is 65.7 Å². The van der Waals surface area contributed by atoms with E-state index in [0.717, 1.165) is 37.2 Å². The maximum atomic E-state index is 12.5. The first-order chi connectivity index (χ1) is 14.7. The van der Waals surface area contributed by atoms with E-state index in [1.807, 2.05) is 64.4 Å². The van der Waals surface area contributed by atoms with Gasteiger partial charge >= 0.3 is 0 Å². The minimum absolute atomic E-state index is 0.0419. The molecule has 0 unspecified atom stereocenters. The van der Waals surface area contributed by atoms with Crippen molar-refractivity contribution in [3.63, 3.8) is 0 Å². The number of carbonyl (C=O) groups excluding carboxylic acids is 2. The molecule has 158 valence electrons. The summed E-state index contributed by atoms with van der Waals surface area (Å²) in [7, 11) is 0. The summed E-state index contributed by atoms with van der Waals surface area (Å²) in [6.07, 6.45) is 1.87. The monoisotopic (exact) mass is 408 g/mol. The summed E-state index contributed by atoms with van der Waals surface area (Å²) in [4.78, 5) is 28.8. The van der Waals surface area contributed by atoms with Gasteiger partial charge in [0, 0.05) is 37.3 Å².